The number of hydrogen-bond donors (Lipinski definition) is 0. The molecule has 0 unspecified atom stereocenters. The second-order valence-corrected chi connectivity index (χ2v) is 5.94. The number of aromatic nitrogens is 2. The Morgan fingerprint density at radius 2 is 2.19 bits per heavy atom. The van der Waals surface area contributed by atoms with E-state index in [2.05, 4.69) is 11.1 Å². The summed E-state index contributed by atoms with van der Waals surface area (Å²) in [7, 11) is 1.71. The summed E-state index contributed by atoms with van der Waals surface area (Å²) in [6.45, 7) is 1.09. The first kappa shape index (κ1) is 14.0. The van der Waals surface area contributed by atoms with Gasteiger partial charge < -0.3 is 9.47 Å². The van der Waals surface area contributed by atoms with Crippen molar-refractivity contribution in [1.82, 2.24) is 14.5 Å². The fraction of sp³-hybridized carbons (Fsp3) is 0.562. The van der Waals surface area contributed by atoms with Gasteiger partial charge in [-0.1, -0.05) is 11.6 Å². The molecule has 3 rings (SSSR count). The number of fused-ring (bicyclic) bond motifs is 1. The summed E-state index contributed by atoms with van der Waals surface area (Å²) in [6.07, 6.45) is 9.48. The molecule has 0 atom stereocenters. The molecular weight excluding hydrogens is 266 g/mol. The van der Waals surface area contributed by atoms with Gasteiger partial charge in [-0.25, -0.2) is 4.98 Å². The normalized spacial score (nSPS) is 18.1. The standard InChI is InChI=1S/C16H21N3O2/c1-18-11-17-14-10-19(8-7-13(14)16(18)21)15(20)9-12-5-3-2-4-6-12/h5,11H,2-4,6-10H2,1H3. The minimum atomic E-state index is 0.0158. The van der Waals surface area contributed by atoms with Crippen LogP contribution in [0.2, 0.25) is 0 Å². The molecule has 5 heteroatoms. The highest BCUT2D eigenvalue weighted by Gasteiger charge is 2.24. The van der Waals surface area contributed by atoms with E-state index in [9.17, 15) is 9.59 Å². The molecule has 1 aliphatic heterocycles. The van der Waals surface area contributed by atoms with Gasteiger partial charge in [0.1, 0.15) is 0 Å². The third-order valence-electron chi connectivity index (χ3n) is 4.40. The lowest BCUT2D eigenvalue weighted by Gasteiger charge is -2.28. The van der Waals surface area contributed by atoms with E-state index >= 15 is 0 Å². The van der Waals surface area contributed by atoms with E-state index in [1.807, 2.05) is 4.90 Å². The summed E-state index contributed by atoms with van der Waals surface area (Å²) in [5.41, 5.74) is 2.81. The second kappa shape index (κ2) is 5.84. The smallest absolute Gasteiger partial charge is 0.256 e. The van der Waals surface area contributed by atoms with Gasteiger partial charge in [0, 0.05) is 25.6 Å². The first-order valence-electron chi connectivity index (χ1n) is 7.64. The molecule has 0 saturated heterocycles. The Labute approximate surface area is 124 Å². The number of amides is 1. The van der Waals surface area contributed by atoms with Crippen LogP contribution in [0.5, 0.6) is 0 Å². The van der Waals surface area contributed by atoms with Crippen molar-refractivity contribution >= 4 is 5.91 Å². The maximum atomic E-state index is 12.4. The Hall–Kier alpha value is -1.91. The Morgan fingerprint density at radius 1 is 1.33 bits per heavy atom. The molecule has 112 valence electrons. The molecule has 0 bridgehead atoms. The lowest BCUT2D eigenvalue weighted by atomic mass is 9.96. The first-order chi connectivity index (χ1) is 10.1. The van der Waals surface area contributed by atoms with Crippen molar-refractivity contribution in [3.63, 3.8) is 0 Å². The van der Waals surface area contributed by atoms with Crippen LogP contribution in [0.15, 0.2) is 22.8 Å². The SMILES string of the molecule is Cn1cnc2c(c1=O)CCN(C(=O)CC1=CCCCC1)C2. The van der Waals surface area contributed by atoms with Gasteiger partial charge in [-0.05, 0) is 32.1 Å². The third kappa shape index (κ3) is 2.91. The van der Waals surface area contributed by atoms with Crippen LogP contribution in [0.25, 0.3) is 0 Å². The van der Waals surface area contributed by atoms with Gasteiger partial charge in [-0.2, -0.15) is 0 Å². The number of carbonyl (C=O) groups excluding carboxylic acids is 1. The van der Waals surface area contributed by atoms with Crippen molar-refractivity contribution in [2.45, 2.75) is 45.1 Å². The number of carbonyl (C=O) groups is 1. The molecule has 2 heterocycles. The van der Waals surface area contributed by atoms with Crippen molar-refractivity contribution in [2.75, 3.05) is 6.54 Å². The predicted octanol–water partition coefficient (Wildman–Crippen LogP) is 1.56. The van der Waals surface area contributed by atoms with Crippen LogP contribution in [-0.2, 0) is 24.8 Å². The van der Waals surface area contributed by atoms with Crippen LogP contribution >= 0.6 is 0 Å². The molecule has 21 heavy (non-hydrogen) atoms. The molecular formula is C16H21N3O2. The van der Waals surface area contributed by atoms with Crippen molar-refractivity contribution in [3.05, 3.63) is 39.6 Å². The Kier molecular flexibility index (Phi) is 3.90. The van der Waals surface area contributed by atoms with Gasteiger partial charge in [0.2, 0.25) is 5.91 Å². The second-order valence-electron chi connectivity index (χ2n) is 5.94. The van der Waals surface area contributed by atoms with E-state index < -0.39 is 0 Å². The van der Waals surface area contributed by atoms with Gasteiger partial charge in [-0.3, -0.25) is 9.59 Å². The van der Waals surface area contributed by atoms with Crippen LogP contribution in [-0.4, -0.2) is 26.9 Å². The molecule has 1 aliphatic carbocycles. The zero-order chi connectivity index (χ0) is 14.8. The van der Waals surface area contributed by atoms with Crippen LogP contribution in [0, 0.1) is 0 Å². The van der Waals surface area contributed by atoms with Crippen LogP contribution in [0.4, 0.5) is 0 Å². The average Bonchev–Trinajstić information content (AvgIpc) is 2.51. The maximum absolute atomic E-state index is 12.4. The zero-order valence-corrected chi connectivity index (χ0v) is 12.5. The van der Waals surface area contributed by atoms with Gasteiger partial charge in [0.25, 0.3) is 5.56 Å². The van der Waals surface area contributed by atoms with E-state index in [4.69, 9.17) is 0 Å². The number of aryl methyl sites for hydroxylation is 1. The Balaban J connectivity index is 1.71. The largest absolute Gasteiger partial charge is 0.336 e. The van der Waals surface area contributed by atoms with Crippen molar-refractivity contribution < 1.29 is 4.79 Å². The zero-order valence-electron chi connectivity index (χ0n) is 12.5. The lowest BCUT2D eigenvalue weighted by Crippen LogP contribution is -2.40. The molecule has 0 spiro atoms. The fourth-order valence-electron chi connectivity index (χ4n) is 3.10. The lowest BCUT2D eigenvalue weighted by molar-refractivity contribution is -0.131. The molecule has 0 saturated carbocycles. The summed E-state index contributed by atoms with van der Waals surface area (Å²) in [4.78, 5) is 30.6. The monoisotopic (exact) mass is 287 g/mol. The van der Waals surface area contributed by atoms with E-state index in [0.29, 0.717) is 25.9 Å². The number of allylic oxidation sites excluding steroid dienone is 1. The topological polar surface area (TPSA) is 55.2 Å². The van der Waals surface area contributed by atoms with Crippen molar-refractivity contribution in [3.8, 4) is 0 Å². The van der Waals surface area contributed by atoms with Gasteiger partial charge in [0.15, 0.2) is 0 Å². The number of rotatable bonds is 2. The molecule has 0 radical (unpaired) electrons. The van der Waals surface area contributed by atoms with Crippen LogP contribution < -0.4 is 5.56 Å². The number of nitrogens with zero attached hydrogens (tertiary/aromatic N) is 3. The van der Waals surface area contributed by atoms with Gasteiger partial charge >= 0.3 is 0 Å². The van der Waals surface area contributed by atoms with E-state index in [1.165, 1.54) is 23.0 Å². The summed E-state index contributed by atoms with van der Waals surface area (Å²) in [6, 6.07) is 0. The minimum absolute atomic E-state index is 0.0158. The third-order valence-corrected chi connectivity index (χ3v) is 4.40. The summed E-state index contributed by atoms with van der Waals surface area (Å²) in [5, 5.41) is 0. The molecule has 0 aromatic carbocycles. The Morgan fingerprint density at radius 3 is 2.95 bits per heavy atom. The summed E-state index contributed by atoms with van der Waals surface area (Å²) in [5.74, 6) is 0.163. The van der Waals surface area contributed by atoms with E-state index in [-0.39, 0.29) is 11.5 Å². The van der Waals surface area contributed by atoms with Gasteiger partial charge in [-0.15, -0.1) is 0 Å². The molecule has 1 aromatic rings. The van der Waals surface area contributed by atoms with Crippen LogP contribution in [0.3, 0.4) is 0 Å². The highest BCUT2D eigenvalue weighted by molar-refractivity contribution is 5.79. The molecule has 1 amide bonds. The predicted molar refractivity (Wildman–Crippen MR) is 79.8 cm³/mol. The highest BCUT2D eigenvalue weighted by Crippen LogP contribution is 2.22. The molecule has 2 aliphatic rings. The average molecular weight is 287 g/mol. The molecule has 0 N–H and O–H groups in total. The molecule has 5 nitrogen and oxygen atoms in total. The fourth-order valence-corrected chi connectivity index (χ4v) is 3.10. The molecule has 1 aromatic heterocycles. The van der Waals surface area contributed by atoms with Crippen molar-refractivity contribution in [2.24, 2.45) is 7.05 Å². The Bertz CT molecular complexity index is 645. The quantitative estimate of drug-likeness (QED) is 0.776. The number of hydrogen-bond acceptors (Lipinski definition) is 3. The van der Waals surface area contributed by atoms with Crippen LogP contribution in [0.1, 0.15) is 43.4 Å². The van der Waals surface area contributed by atoms with E-state index in [1.54, 1.807) is 13.4 Å². The van der Waals surface area contributed by atoms with Gasteiger partial charge in [0.05, 0.1) is 18.6 Å². The summed E-state index contributed by atoms with van der Waals surface area (Å²) >= 11 is 0. The first-order valence-corrected chi connectivity index (χ1v) is 7.64. The van der Waals surface area contributed by atoms with E-state index in [0.717, 1.165) is 24.1 Å². The summed E-state index contributed by atoms with van der Waals surface area (Å²) < 4.78 is 1.50. The molecule has 0 fully saturated rings. The highest BCUT2D eigenvalue weighted by atomic mass is 16.2. The minimum Gasteiger partial charge on any atom is -0.336 e. The maximum Gasteiger partial charge on any atom is 0.256 e. The van der Waals surface area contributed by atoms with Crippen molar-refractivity contribution in [1.29, 1.82) is 0 Å².